The number of fused-ring (bicyclic) bond motifs is 1. The Morgan fingerprint density at radius 3 is 2.82 bits per heavy atom. The summed E-state index contributed by atoms with van der Waals surface area (Å²) in [6.45, 7) is 2.12. The summed E-state index contributed by atoms with van der Waals surface area (Å²) < 4.78 is 0. The van der Waals surface area contributed by atoms with Crippen molar-refractivity contribution in [2.45, 2.75) is 32.2 Å². The van der Waals surface area contributed by atoms with Crippen molar-refractivity contribution in [2.75, 3.05) is 5.32 Å². The number of nitriles is 1. The molecule has 1 aliphatic carbocycles. The molecule has 2 aromatic rings. The van der Waals surface area contributed by atoms with E-state index in [2.05, 4.69) is 23.3 Å². The molecule has 6 heteroatoms. The van der Waals surface area contributed by atoms with Gasteiger partial charge in [-0.25, -0.2) is 4.98 Å². The number of nitro groups is 1. The highest BCUT2D eigenvalue weighted by atomic mass is 16.6. The second kappa shape index (κ2) is 5.60. The molecular weight excluding hydrogens is 280 g/mol. The van der Waals surface area contributed by atoms with Crippen molar-refractivity contribution < 1.29 is 4.92 Å². The summed E-state index contributed by atoms with van der Waals surface area (Å²) in [6, 6.07) is 8.49. The van der Waals surface area contributed by atoms with Crippen molar-refractivity contribution in [3.63, 3.8) is 0 Å². The summed E-state index contributed by atoms with van der Waals surface area (Å²) in [5, 5.41) is 24.0. The van der Waals surface area contributed by atoms with Gasteiger partial charge in [0.2, 0.25) is 0 Å². The summed E-state index contributed by atoms with van der Waals surface area (Å²) in [7, 11) is 0. The van der Waals surface area contributed by atoms with Crippen LogP contribution in [0.5, 0.6) is 0 Å². The first-order chi connectivity index (χ1) is 10.6. The molecule has 1 heterocycles. The van der Waals surface area contributed by atoms with Gasteiger partial charge in [0.15, 0.2) is 0 Å². The van der Waals surface area contributed by atoms with Gasteiger partial charge < -0.3 is 5.32 Å². The normalized spacial score (nSPS) is 15.8. The number of rotatable bonds is 4. The molecular formula is C16H16N4O2. The van der Waals surface area contributed by atoms with Crippen LogP contribution in [0.15, 0.2) is 24.3 Å². The van der Waals surface area contributed by atoms with Gasteiger partial charge in [-0.3, -0.25) is 10.1 Å². The van der Waals surface area contributed by atoms with Crippen molar-refractivity contribution >= 4 is 22.4 Å². The Balaban J connectivity index is 1.98. The Morgan fingerprint density at radius 1 is 1.45 bits per heavy atom. The molecule has 0 saturated heterocycles. The van der Waals surface area contributed by atoms with Gasteiger partial charge in [0, 0.05) is 23.6 Å². The summed E-state index contributed by atoms with van der Waals surface area (Å²) in [5.41, 5.74) is 0.958. The minimum absolute atomic E-state index is 0.0330. The van der Waals surface area contributed by atoms with Crippen molar-refractivity contribution in [1.82, 2.24) is 4.98 Å². The number of nitro benzene ring substituents is 1. The fraction of sp³-hybridized carbons (Fsp3) is 0.375. The van der Waals surface area contributed by atoms with Gasteiger partial charge in [-0.1, -0.05) is 6.42 Å². The van der Waals surface area contributed by atoms with Gasteiger partial charge in [0.25, 0.3) is 5.69 Å². The van der Waals surface area contributed by atoms with Gasteiger partial charge in [-0.05, 0) is 37.8 Å². The standard InChI is InChI=1S/C16H16N4O2/c1-10(11-3-2-4-11)18-16-7-12(9-17)14-8-13(20(21)22)5-6-15(14)19-16/h5-8,10-11H,2-4H2,1H3,(H,18,19). The number of aromatic nitrogens is 1. The molecule has 0 spiro atoms. The Kier molecular flexibility index (Phi) is 3.63. The molecule has 0 bridgehead atoms. The average molecular weight is 296 g/mol. The van der Waals surface area contributed by atoms with E-state index in [1.54, 1.807) is 12.1 Å². The van der Waals surface area contributed by atoms with Gasteiger partial charge >= 0.3 is 0 Å². The van der Waals surface area contributed by atoms with Crippen LogP contribution in [-0.4, -0.2) is 15.9 Å². The van der Waals surface area contributed by atoms with Crippen LogP contribution in [0.1, 0.15) is 31.7 Å². The van der Waals surface area contributed by atoms with Crippen LogP contribution in [0.4, 0.5) is 11.5 Å². The molecule has 1 aliphatic rings. The van der Waals surface area contributed by atoms with E-state index in [4.69, 9.17) is 0 Å². The van der Waals surface area contributed by atoms with E-state index in [-0.39, 0.29) is 5.69 Å². The number of hydrogen-bond donors (Lipinski definition) is 1. The van der Waals surface area contributed by atoms with Crippen LogP contribution in [0.2, 0.25) is 0 Å². The Labute approximate surface area is 127 Å². The van der Waals surface area contributed by atoms with E-state index in [1.807, 2.05) is 0 Å². The number of non-ortho nitro benzene ring substituents is 1. The molecule has 0 aliphatic heterocycles. The van der Waals surface area contributed by atoms with E-state index in [0.29, 0.717) is 34.2 Å². The van der Waals surface area contributed by atoms with Gasteiger partial charge in [-0.2, -0.15) is 5.26 Å². The monoisotopic (exact) mass is 296 g/mol. The lowest BCUT2D eigenvalue weighted by Gasteiger charge is -2.32. The highest BCUT2D eigenvalue weighted by Gasteiger charge is 2.24. The third-order valence-electron chi connectivity index (χ3n) is 4.36. The molecule has 0 amide bonds. The fourth-order valence-corrected chi connectivity index (χ4v) is 2.78. The van der Waals surface area contributed by atoms with Crippen LogP contribution in [0, 0.1) is 27.4 Å². The van der Waals surface area contributed by atoms with Crippen LogP contribution < -0.4 is 5.32 Å². The molecule has 1 saturated carbocycles. The predicted octanol–water partition coefficient (Wildman–Crippen LogP) is 3.62. The molecule has 1 N–H and O–H groups in total. The third kappa shape index (κ3) is 2.58. The first-order valence-corrected chi connectivity index (χ1v) is 7.34. The van der Waals surface area contributed by atoms with Crippen molar-refractivity contribution in [2.24, 2.45) is 5.92 Å². The Morgan fingerprint density at radius 2 is 2.23 bits per heavy atom. The van der Waals surface area contributed by atoms with Crippen molar-refractivity contribution in [3.05, 3.63) is 39.9 Å². The molecule has 1 aromatic heterocycles. The number of benzene rings is 1. The molecule has 1 atom stereocenters. The van der Waals surface area contributed by atoms with Crippen LogP contribution in [-0.2, 0) is 0 Å². The fourth-order valence-electron chi connectivity index (χ4n) is 2.78. The van der Waals surface area contributed by atoms with E-state index in [9.17, 15) is 15.4 Å². The second-order valence-corrected chi connectivity index (χ2v) is 5.75. The number of hydrogen-bond acceptors (Lipinski definition) is 5. The van der Waals surface area contributed by atoms with Crippen molar-refractivity contribution in [1.29, 1.82) is 5.26 Å². The highest BCUT2D eigenvalue weighted by Crippen LogP contribution is 2.31. The topological polar surface area (TPSA) is 91.8 Å². The van der Waals surface area contributed by atoms with Gasteiger partial charge in [0.05, 0.1) is 22.1 Å². The SMILES string of the molecule is CC(Nc1cc(C#N)c2cc([N+](=O)[O-])ccc2n1)C1CCC1. The van der Waals surface area contributed by atoms with E-state index < -0.39 is 4.92 Å². The van der Waals surface area contributed by atoms with Crippen molar-refractivity contribution in [3.8, 4) is 6.07 Å². The molecule has 3 rings (SSSR count). The zero-order chi connectivity index (χ0) is 15.7. The number of nitrogens with zero attached hydrogens (tertiary/aromatic N) is 3. The summed E-state index contributed by atoms with van der Waals surface area (Å²) in [6.07, 6.45) is 3.72. The largest absolute Gasteiger partial charge is 0.367 e. The van der Waals surface area contributed by atoms with Gasteiger partial charge in [0.1, 0.15) is 5.82 Å². The van der Waals surface area contributed by atoms with Crippen LogP contribution in [0.25, 0.3) is 10.9 Å². The Bertz CT molecular complexity index is 778. The zero-order valence-corrected chi connectivity index (χ0v) is 12.2. The minimum atomic E-state index is -0.467. The van der Waals surface area contributed by atoms with Crippen LogP contribution in [0.3, 0.4) is 0 Å². The third-order valence-corrected chi connectivity index (χ3v) is 4.36. The lowest BCUT2D eigenvalue weighted by atomic mass is 9.80. The Hall–Kier alpha value is -2.68. The lowest BCUT2D eigenvalue weighted by Crippen LogP contribution is -2.31. The quantitative estimate of drug-likeness (QED) is 0.687. The zero-order valence-electron chi connectivity index (χ0n) is 12.2. The number of nitrogens with one attached hydrogen (secondary N) is 1. The highest BCUT2D eigenvalue weighted by molar-refractivity contribution is 5.88. The molecule has 1 fully saturated rings. The minimum Gasteiger partial charge on any atom is -0.367 e. The molecule has 1 aromatic carbocycles. The summed E-state index contributed by atoms with van der Waals surface area (Å²) >= 11 is 0. The van der Waals surface area contributed by atoms with E-state index in [1.165, 1.54) is 31.4 Å². The summed E-state index contributed by atoms with van der Waals surface area (Å²) in [4.78, 5) is 14.9. The smallest absolute Gasteiger partial charge is 0.270 e. The lowest BCUT2D eigenvalue weighted by molar-refractivity contribution is -0.384. The van der Waals surface area contributed by atoms with Crippen LogP contribution >= 0.6 is 0 Å². The first kappa shape index (κ1) is 14.3. The summed E-state index contributed by atoms with van der Waals surface area (Å²) in [5.74, 6) is 1.30. The molecule has 112 valence electrons. The maximum absolute atomic E-state index is 10.9. The maximum atomic E-state index is 10.9. The van der Waals surface area contributed by atoms with E-state index in [0.717, 1.165) is 0 Å². The molecule has 22 heavy (non-hydrogen) atoms. The molecule has 6 nitrogen and oxygen atoms in total. The molecule has 0 radical (unpaired) electrons. The molecule has 1 unspecified atom stereocenters. The predicted molar refractivity (Wildman–Crippen MR) is 83.5 cm³/mol. The van der Waals surface area contributed by atoms with Gasteiger partial charge in [-0.15, -0.1) is 0 Å². The number of pyridine rings is 1. The average Bonchev–Trinajstić information content (AvgIpc) is 2.43. The maximum Gasteiger partial charge on any atom is 0.270 e. The van der Waals surface area contributed by atoms with E-state index >= 15 is 0 Å². The number of anilines is 1. The second-order valence-electron chi connectivity index (χ2n) is 5.75. The first-order valence-electron chi connectivity index (χ1n) is 7.34.